The molecule has 2 aliphatic heterocycles. The van der Waals surface area contributed by atoms with E-state index < -0.39 is 0 Å². The van der Waals surface area contributed by atoms with Gasteiger partial charge in [-0.15, -0.1) is 0 Å². The molecule has 0 atom stereocenters. The van der Waals surface area contributed by atoms with E-state index in [1.54, 1.807) is 38.4 Å². The summed E-state index contributed by atoms with van der Waals surface area (Å²) >= 11 is 6.68. The molecule has 2 aromatic rings. The van der Waals surface area contributed by atoms with Crippen molar-refractivity contribution in [1.29, 1.82) is 5.26 Å². The molecule has 0 saturated carbocycles. The number of hydrogen-bond acceptors (Lipinski definition) is 7. The van der Waals surface area contributed by atoms with E-state index in [1.165, 1.54) is 21.2 Å². The largest absolute Gasteiger partial charge is 0.467 e. The van der Waals surface area contributed by atoms with Crippen molar-refractivity contribution in [2.24, 2.45) is 13.0 Å². The van der Waals surface area contributed by atoms with E-state index in [0.29, 0.717) is 26.5 Å². The Bertz CT molecular complexity index is 1200. The Balaban J connectivity index is 1.79. The van der Waals surface area contributed by atoms with Gasteiger partial charge in [0, 0.05) is 25.7 Å². The average Bonchev–Trinajstić information content (AvgIpc) is 3.38. The van der Waals surface area contributed by atoms with Crippen LogP contribution in [-0.4, -0.2) is 32.8 Å². The van der Waals surface area contributed by atoms with Crippen LogP contribution in [0.4, 0.5) is 5.82 Å². The number of rotatable bonds is 4. The van der Waals surface area contributed by atoms with Gasteiger partial charge in [-0.25, -0.2) is 0 Å². The van der Waals surface area contributed by atoms with Gasteiger partial charge in [-0.1, -0.05) is 30.9 Å². The SMILES string of the molecule is Cc1c(C=C2SC(=S)N(Cc3ccco3)C2=O)c(N2CCC(C)CC2)n(C)c(=O)c1C#N. The summed E-state index contributed by atoms with van der Waals surface area (Å²) in [5.74, 6) is 1.82. The van der Waals surface area contributed by atoms with Crippen molar-refractivity contribution in [3.8, 4) is 6.07 Å². The Kier molecular flexibility index (Phi) is 6.26. The number of hydrogen-bond donors (Lipinski definition) is 0. The Labute approximate surface area is 196 Å². The van der Waals surface area contributed by atoms with Gasteiger partial charge in [0.1, 0.15) is 27.5 Å². The zero-order valence-corrected chi connectivity index (χ0v) is 19.9. The predicted octanol–water partition coefficient (Wildman–Crippen LogP) is 3.80. The summed E-state index contributed by atoms with van der Waals surface area (Å²) in [5.41, 5.74) is 1.08. The zero-order chi connectivity index (χ0) is 23.0. The van der Waals surface area contributed by atoms with Crippen molar-refractivity contribution in [3.63, 3.8) is 0 Å². The number of carbonyl (C=O) groups is 1. The van der Waals surface area contributed by atoms with E-state index in [0.717, 1.165) is 37.3 Å². The van der Waals surface area contributed by atoms with Gasteiger partial charge in [0.15, 0.2) is 0 Å². The molecular weight excluding hydrogens is 444 g/mol. The second-order valence-corrected chi connectivity index (χ2v) is 9.91. The number of piperidine rings is 1. The molecule has 4 rings (SSSR count). The summed E-state index contributed by atoms with van der Waals surface area (Å²) in [6, 6.07) is 5.61. The second kappa shape index (κ2) is 8.96. The maximum absolute atomic E-state index is 13.2. The lowest BCUT2D eigenvalue weighted by atomic mass is 9.97. The number of amides is 1. The lowest BCUT2D eigenvalue weighted by Gasteiger charge is -2.34. The molecule has 9 heteroatoms. The highest BCUT2D eigenvalue weighted by atomic mass is 32.2. The quantitative estimate of drug-likeness (QED) is 0.499. The Morgan fingerprint density at radius 1 is 1.34 bits per heavy atom. The minimum atomic E-state index is -0.318. The Morgan fingerprint density at radius 3 is 2.69 bits per heavy atom. The van der Waals surface area contributed by atoms with Crippen molar-refractivity contribution in [2.75, 3.05) is 18.0 Å². The van der Waals surface area contributed by atoms with Crippen LogP contribution in [0.2, 0.25) is 0 Å². The monoisotopic (exact) mass is 468 g/mol. The minimum Gasteiger partial charge on any atom is -0.467 e. The maximum atomic E-state index is 13.2. The van der Waals surface area contributed by atoms with Gasteiger partial charge in [-0.05, 0) is 49.5 Å². The molecule has 2 aromatic heterocycles. The van der Waals surface area contributed by atoms with Crippen LogP contribution < -0.4 is 10.5 Å². The molecule has 166 valence electrons. The highest BCUT2D eigenvalue weighted by Crippen LogP contribution is 2.37. The average molecular weight is 469 g/mol. The summed E-state index contributed by atoms with van der Waals surface area (Å²) in [6.07, 6.45) is 5.39. The molecule has 0 bridgehead atoms. The number of anilines is 1. The van der Waals surface area contributed by atoms with Crippen LogP contribution in [0.5, 0.6) is 0 Å². The fraction of sp³-hybridized carbons (Fsp3) is 0.391. The third-order valence-corrected chi connectivity index (χ3v) is 7.47. The first-order valence-corrected chi connectivity index (χ1v) is 11.7. The number of aromatic nitrogens is 1. The Morgan fingerprint density at radius 2 is 2.06 bits per heavy atom. The van der Waals surface area contributed by atoms with Crippen LogP contribution in [0, 0.1) is 24.2 Å². The topological polar surface area (TPSA) is 82.5 Å². The van der Waals surface area contributed by atoms with Crippen molar-refractivity contribution in [2.45, 2.75) is 33.2 Å². The zero-order valence-electron chi connectivity index (χ0n) is 18.3. The summed E-state index contributed by atoms with van der Waals surface area (Å²) in [6.45, 7) is 5.90. The van der Waals surface area contributed by atoms with Gasteiger partial charge in [0.2, 0.25) is 0 Å². The molecule has 7 nitrogen and oxygen atoms in total. The number of nitrogens with zero attached hydrogens (tertiary/aromatic N) is 4. The van der Waals surface area contributed by atoms with Gasteiger partial charge in [0.05, 0.1) is 17.7 Å². The van der Waals surface area contributed by atoms with Gasteiger partial charge < -0.3 is 9.32 Å². The summed E-state index contributed by atoms with van der Waals surface area (Å²) < 4.78 is 7.36. The molecule has 0 spiro atoms. The highest BCUT2D eigenvalue weighted by molar-refractivity contribution is 8.26. The Hall–Kier alpha value is -2.83. The minimum absolute atomic E-state index is 0.0962. The van der Waals surface area contributed by atoms with E-state index in [2.05, 4.69) is 11.8 Å². The molecule has 0 radical (unpaired) electrons. The van der Waals surface area contributed by atoms with E-state index in [9.17, 15) is 14.9 Å². The lowest BCUT2D eigenvalue weighted by molar-refractivity contribution is -0.122. The summed E-state index contributed by atoms with van der Waals surface area (Å²) in [4.78, 5) is 30.2. The van der Waals surface area contributed by atoms with Crippen LogP contribution in [-0.2, 0) is 18.4 Å². The van der Waals surface area contributed by atoms with Gasteiger partial charge in [-0.3, -0.25) is 19.1 Å². The standard InChI is InChI=1S/C23H24N4O3S2/c1-14-6-8-26(9-7-14)20-17(15(2)18(12-24)21(28)25(20)3)11-19-22(29)27(23(31)32-19)13-16-5-4-10-30-16/h4-5,10-11,14H,6-9,13H2,1-3H3. The normalized spacial score (nSPS) is 18.6. The smallest absolute Gasteiger partial charge is 0.270 e. The van der Waals surface area contributed by atoms with Crippen LogP contribution in [0.3, 0.4) is 0 Å². The molecule has 1 amide bonds. The fourth-order valence-electron chi connectivity index (χ4n) is 4.14. The molecule has 32 heavy (non-hydrogen) atoms. The first-order chi connectivity index (χ1) is 15.3. The lowest BCUT2D eigenvalue weighted by Crippen LogP contribution is -2.38. The van der Waals surface area contributed by atoms with Crippen LogP contribution in [0.25, 0.3) is 6.08 Å². The molecule has 4 heterocycles. The maximum Gasteiger partial charge on any atom is 0.270 e. The molecule has 2 saturated heterocycles. The van der Waals surface area contributed by atoms with Gasteiger partial charge >= 0.3 is 0 Å². The number of nitriles is 1. The van der Waals surface area contributed by atoms with Crippen LogP contribution >= 0.6 is 24.0 Å². The molecule has 2 aliphatic rings. The van der Waals surface area contributed by atoms with Gasteiger partial charge in [0.25, 0.3) is 11.5 Å². The van der Waals surface area contributed by atoms with Crippen LogP contribution in [0.15, 0.2) is 32.5 Å². The number of thiocarbonyl (C=S) groups is 1. The predicted molar refractivity (Wildman–Crippen MR) is 129 cm³/mol. The van der Waals surface area contributed by atoms with E-state index in [-0.39, 0.29) is 23.6 Å². The number of furan rings is 1. The molecular formula is C23H24N4O3S2. The highest BCUT2D eigenvalue weighted by Gasteiger charge is 2.34. The van der Waals surface area contributed by atoms with Crippen molar-refractivity contribution in [1.82, 2.24) is 9.47 Å². The molecule has 2 fully saturated rings. The molecule has 0 N–H and O–H groups in total. The van der Waals surface area contributed by atoms with Crippen molar-refractivity contribution < 1.29 is 9.21 Å². The molecule has 0 aliphatic carbocycles. The number of thioether (sulfide) groups is 1. The van der Waals surface area contributed by atoms with Crippen LogP contribution in [0.1, 0.15) is 42.2 Å². The van der Waals surface area contributed by atoms with Crippen molar-refractivity contribution >= 4 is 46.1 Å². The number of carbonyl (C=O) groups excluding carboxylic acids is 1. The fourth-order valence-corrected chi connectivity index (χ4v) is 5.38. The third-order valence-electron chi connectivity index (χ3n) is 6.09. The van der Waals surface area contributed by atoms with E-state index in [1.807, 2.05) is 6.07 Å². The third kappa shape index (κ3) is 4.00. The van der Waals surface area contributed by atoms with E-state index in [4.69, 9.17) is 16.6 Å². The first kappa shape index (κ1) is 22.4. The van der Waals surface area contributed by atoms with Crippen molar-refractivity contribution in [3.05, 3.63) is 56.1 Å². The summed E-state index contributed by atoms with van der Waals surface area (Å²) in [7, 11) is 1.69. The molecule has 0 aromatic carbocycles. The number of pyridine rings is 1. The molecule has 0 unspecified atom stereocenters. The second-order valence-electron chi connectivity index (χ2n) is 8.23. The van der Waals surface area contributed by atoms with E-state index >= 15 is 0 Å². The van der Waals surface area contributed by atoms with Gasteiger partial charge in [-0.2, -0.15) is 5.26 Å². The first-order valence-electron chi connectivity index (χ1n) is 10.5. The summed E-state index contributed by atoms with van der Waals surface area (Å²) in [5, 5.41) is 9.62.